The van der Waals surface area contributed by atoms with Gasteiger partial charge in [0.1, 0.15) is 23.0 Å². The molecule has 9 nitrogen and oxygen atoms in total. The van der Waals surface area contributed by atoms with E-state index < -0.39 is 16.6 Å². The Morgan fingerprint density at radius 2 is 1.33 bits per heavy atom. The van der Waals surface area contributed by atoms with Gasteiger partial charge in [-0.2, -0.15) is 0 Å². The molecule has 2 aromatic rings. The molecule has 2 saturated carbocycles. The summed E-state index contributed by atoms with van der Waals surface area (Å²) in [6.45, 7) is 12.8. The van der Waals surface area contributed by atoms with Crippen LogP contribution < -0.4 is 71.3 Å². The van der Waals surface area contributed by atoms with E-state index in [1.165, 1.54) is 7.11 Å². The van der Waals surface area contributed by atoms with Gasteiger partial charge in [-0.1, -0.05) is 62.4 Å². The topological polar surface area (TPSA) is 134 Å². The van der Waals surface area contributed by atoms with Gasteiger partial charge in [0.05, 0.1) is 37.9 Å². The minimum atomic E-state index is -0.750. The van der Waals surface area contributed by atoms with Gasteiger partial charge in [0.15, 0.2) is 0 Å². The molecule has 1 amide bonds. The number of methoxy groups -OCH3 is 3. The van der Waals surface area contributed by atoms with E-state index in [9.17, 15) is 24.6 Å². The van der Waals surface area contributed by atoms with Gasteiger partial charge in [-0.05, 0) is 117 Å². The fourth-order valence-corrected chi connectivity index (χ4v) is 8.76. The van der Waals surface area contributed by atoms with Crippen molar-refractivity contribution in [3.8, 4) is 35.2 Å². The van der Waals surface area contributed by atoms with Gasteiger partial charge in [0.25, 0.3) is 5.91 Å². The van der Waals surface area contributed by atoms with Crippen LogP contribution in [-0.4, -0.2) is 55.2 Å². The third-order valence-corrected chi connectivity index (χ3v) is 11.9. The van der Waals surface area contributed by atoms with E-state index in [2.05, 4.69) is 74.7 Å². The third-order valence-electron chi connectivity index (χ3n) is 10.6. The van der Waals surface area contributed by atoms with Gasteiger partial charge in [-0.25, -0.2) is 0 Å². The van der Waals surface area contributed by atoms with Crippen LogP contribution in [0, 0.1) is 40.9 Å². The summed E-state index contributed by atoms with van der Waals surface area (Å²) < 4.78 is 17.5. The average Bonchev–Trinajstić information content (AvgIpc) is 3.38. The summed E-state index contributed by atoms with van der Waals surface area (Å²) in [4.78, 5) is 38.1. The summed E-state index contributed by atoms with van der Waals surface area (Å²) in [6, 6.07) is 7.36. The molecule has 2 aliphatic carbocycles. The predicted molar refractivity (Wildman–Crippen MR) is 230 cm³/mol. The maximum atomic E-state index is 12.9. The molecular formula is C46H58Br2KNO8. The van der Waals surface area contributed by atoms with Crippen molar-refractivity contribution in [2.45, 2.75) is 124 Å². The molecule has 0 unspecified atom stereocenters. The number of hydrogen-bond donors (Lipinski definition) is 2. The number of aliphatic hydroxyl groups excluding tert-OH is 1. The molecule has 310 valence electrons. The van der Waals surface area contributed by atoms with E-state index in [1.54, 1.807) is 54.9 Å². The summed E-state index contributed by atoms with van der Waals surface area (Å²) in [5, 5.41) is 24.1. The average molecular weight is 952 g/mol. The number of rotatable bonds is 8. The second-order valence-corrected chi connectivity index (χ2v) is 18.0. The first-order chi connectivity index (χ1) is 26.8. The van der Waals surface area contributed by atoms with Crippen molar-refractivity contribution in [2.75, 3.05) is 21.3 Å². The van der Waals surface area contributed by atoms with Crippen LogP contribution in [0.2, 0.25) is 0 Å². The fourth-order valence-electron chi connectivity index (χ4n) is 7.54. The minimum Gasteiger partial charge on any atom is -0.850 e. The monoisotopic (exact) mass is 949 g/mol. The maximum absolute atomic E-state index is 12.9. The molecule has 2 fully saturated rings. The molecule has 1 aliphatic heterocycles. The van der Waals surface area contributed by atoms with E-state index in [0.717, 1.165) is 59.7 Å². The van der Waals surface area contributed by atoms with E-state index in [-0.39, 0.29) is 87.6 Å². The number of carbonyl (C=O) groups is 3. The van der Waals surface area contributed by atoms with E-state index >= 15 is 0 Å². The van der Waals surface area contributed by atoms with Crippen molar-refractivity contribution >= 4 is 55.1 Å². The molecule has 1 heterocycles. The van der Waals surface area contributed by atoms with Gasteiger partial charge in [0.2, 0.25) is 0 Å². The first-order valence-electron chi connectivity index (χ1n) is 19.4. The molecule has 0 bridgehead atoms. The molecule has 0 aromatic heterocycles. The van der Waals surface area contributed by atoms with E-state index in [4.69, 9.17) is 14.2 Å². The Balaban J connectivity index is 0.000000353. The van der Waals surface area contributed by atoms with Crippen molar-refractivity contribution in [3.05, 3.63) is 61.2 Å². The number of carbonyl (C=O) groups excluding carboxylic acids is 3. The van der Waals surface area contributed by atoms with Gasteiger partial charge in [0, 0.05) is 44.0 Å². The van der Waals surface area contributed by atoms with Crippen LogP contribution >= 0.6 is 31.9 Å². The Bertz CT molecular complexity index is 1940. The van der Waals surface area contributed by atoms with Crippen LogP contribution in [0.15, 0.2) is 39.0 Å². The van der Waals surface area contributed by atoms with Crippen LogP contribution in [0.3, 0.4) is 0 Å². The Kier molecular flexibility index (Phi) is 20.8. The Labute approximate surface area is 405 Å². The number of ketones is 1. The van der Waals surface area contributed by atoms with Crippen molar-refractivity contribution < 1.29 is 90.2 Å². The summed E-state index contributed by atoms with van der Waals surface area (Å²) >= 11 is 7.06. The summed E-state index contributed by atoms with van der Waals surface area (Å²) in [5.41, 5.74) is 1.20. The smallest absolute Gasteiger partial charge is 0.850 e. The number of Topliss-reactive ketones (excluding diaryl/α,β-unsaturated/α-hetero) is 1. The Morgan fingerprint density at radius 3 is 1.79 bits per heavy atom. The summed E-state index contributed by atoms with van der Waals surface area (Å²) in [7, 11) is 4.54. The normalized spacial score (nSPS) is 22.2. The summed E-state index contributed by atoms with van der Waals surface area (Å²) in [6.07, 6.45) is 7.20. The van der Waals surface area contributed by atoms with Gasteiger partial charge >= 0.3 is 57.4 Å². The maximum Gasteiger partial charge on any atom is 1.00 e. The second-order valence-electron chi connectivity index (χ2n) is 16.3. The zero-order valence-electron chi connectivity index (χ0n) is 36.1. The van der Waals surface area contributed by atoms with Crippen molar-refractivity contribution in [1.82, 2.24) is 5.32 Å². The van der Waals surface area contributed by atoms with Crippen LogP contribution in [0.4, 0.5) is 0 Å². The first-order valence-corrected chi connectivity index (χ1v) is 21.0. The summed E-state index contributed by atoms with van der Waals surface area (Å²) in [5.74, 6) is 13.7. The van der Waals surface area contributed by atoms with Crippen molar-refractivity contribution in [3.63, 3.8) is 0 Å². The van der Waals surface area contributed by atoms with E-state index in [0.29, 0.717) is 51.8 Å². The fraction of sp³-hybridized carbons (Fsp3) is 0.543. The third kappa shape index (κ3) is 14.0. The van der Waals surface area contributed by atoms with Crippen LogP contribution in [0.5, 0.6) is 11.5 Å². The number of benzene rings is 2. The standard InChI is InChI=1S/C22H27BrO4.C20H22BrNO3.C4H9O.K/c1-5-6-16-11-19(23)18(20(12-16)26-3)13-17(24)14-22(21(25)27-4)9-7-15(2)8-10-22;1-4-5-13-10-14(21)16(15(11-13)25-3)17-18(23)20(22-19(17)24)8-6-12(2)7-9-20;1-4(2,3)5;/h11-12,15H,7-10,13-14H2,1-4H3;10-12,23H,6-9H2,1-3H3,(H,22,24);1-3H3;/q;;-1;+1. The molecule has 0 radical (unpaired) electrons. The Hall–Kier alpha value is -2.13. The van der Waals surface area contributed by atoms with Crippen LogP contribution in [-0.2, 0) is 25.5 Å². The zero-order chi connectivity index (χ0) is 42.7. The Morgan fingerprint density at radius 1 is 0.862 bits per heavy atom. The van der Waals surface area contributed by atoms with Gasteiger partial charge in [-0.3, -0.25) is 14.4 Å². The van der Waals surface area contributed by atoms with Crippen molar-refractivity contribution in [1.29, 1.82) is 0 Å². The molecule has 2 aromatic carbocycles. The quantitative estimate of drug-likeness (QED) is 0.187. The van der Waals surface area contributed by atoms with Gasteiger partial charge < -0.3 is 29.7 Å². The number of hydrogen-bond acceptors (Lipinski definition) is 8. The van der Waals surface area contributed by atoms with Crippen LogP contribution in [0.25, 0.3) is 5.57 Å². The molecule has 1 spiro atoms. The molecule has 58 heavy (non-hydrogen) atoms. The zero-order valence-corrected chi connectivity index (χ0v) is 42.4. The number of amides is 1. The largest absolute Gasteiger partial charge is 1.00 e. The molecule has 0 saturated heterocycles. The second kappa shape index (κ2) is 23.2. The number of esters is 1. The number of ether oxygens (including phenoxy) is 3. The number of halogens is 2. The molecule has 0 atom stereocenters. The molecular weight excluding hydrogens is 893 g/mol. The molecule has 2 N–H and O–H groups in total. The van der Waals surface area contributed by atoms with Crippen molar-refractivity contribution in [2.24, 2.45) is 17.3 Å². The number of aliphatic hydroxyl groups is 1. The SMILES string of the molecule is CC#Cc1cc(Br)c(C2=C(O)C3(CCC(C)CC3)NC2=O)c(OC)c1.CC#Cc1cc(Br)c(CC(=O)CC2(C(=O)OC)CCC(C)CC2)c(OC)c1.CC(C)(C)[O-].[K+]. The predicted octanol–water partition coefficient (Wildman–Crippen LogP) is 6.03. The molecule has 12 heteroatoms. The minimum absolute atomic E-state index is 0. The molecule has 5 rings (SSSR count). The first kappa shape index (κ1) is 52.0. The van der Waals surface area contributed by atoms with E-state index in [1.807, 2.05) is 18.2 Å². The van der Waals surface area contributed by atoms with Gasteiger partial charge in [-0.15, -0.1) is 17.4 Å². The number of nitrogens with one attached hydrogen (secondary N) is 1. The molecule has 3 aliphatic rings. The van der Waals surface area contributed by atoms with Crippen LogP contribution in [0.1, 0.15) is 129 Å².